The molecule has 36 heavy (non-hydrogen) atoms. The van der Waals surface area contributed by atoms with Crippen LogP contribution in [0.5, 0.6) is 11.5 Å². The van der Waals surface area contributed by atoms with Gasteiger partial charge in [0.2, 0.25) is 5.95 Å². The molecular weight excluding hydrogens is 480 g/mol. The molecule has 0 amide bonds. The van der Waals surface area contributed by atoms with Crippen molar-refractivity contribution in [3.63, 3.8) is 0 Å². The lowest BCUT2D eigenvalue weighted by Gasteiger charge is -2.23. The third-order valence-electron chi connectivity index (χ3n) is 5.49. The first kappa shape index (κ1) is 25.0. The number of halogens is 4. The molecule has 0 aliphatic carbocycles. The average Bonchev–Trinajstić information content (AvgIpc) is 3.08. The Labute approximate surface area is 203 Å². The number of aromatic carboxylic acids is 1. The molecule has 188 valence electrons. The van der Waals surface area contributed by atoms with Gasteiger partial charge in [-0.3, -0.25) is 0 Å². The molecule has 0 aliphatic heterocycles. The number of ether oxygens (including phenoxy) is 1. The van der Waals surface area contributed by atoms with Gasteiger partial charge in [-0.2, -0.15) is 13.2 Å². The van der Waals surface area contributed by atoms with Crippen LogP contribution in [0.2, 0.25) is 0 Å². The summed E-state index contributed by atoms with van der Waals surface area (Å²) in [6.45, 7) is 5.53. The van der Waals surface area contributed by atoms with E-state index in [-0.39, 0.29) is 17.3 Å². The van der Waals surface area contributed by atoms with E-state index < -0.39 is 28.9 Å². The quantitative estimate of drug-likeness (QED) is 0.297. The number of fused-ring (bicyclic) bond motifs is 1. The fourth-order valence-corrected chi connectivity index (χ4v) is 3.82. The highest BCUT2D eigenvalue weighted by atomic mass is 19.4. The predicted molar refractivity (Wildman–Crippen MR) is 125 cm³/mol. The highest BCUT2D eigenvalue weighted by Gasteiger charge is 2.31. The minimum Gasteiger partial charge on any atom is -0.476 e. The Bertz CT molecular complexity index is 1470. The number of carboxylic acids is 1. The van der Waals surface area contributed by atoms with Crippen molar-refractivity contribution >= 4 is 28.6 Å². The number of carbonyl (C=O) groups is 1. The number of aromatic nitrogens is 3. The van der Waals surface area contributed by atoms with Crippen molar-refractivity contribution in [1.82, 2.24) is 14.5 Å². The lowest BCUT2D eigenvalue weighted by Crippen LogP contribution is -2.19. The van der Waals surface area contributed by atoms with Gasteiger partial charge in [0.15, 0.2) is 5.69 Å². The minimum atomic E-state index is -4.62. The lowest BCUT2D eigenvalue weighted by molar-refractivity contribution is -0.137. The summed E-state index contributed by atoms with van der Waals surface area (Å²) in [7, 11) is 1.63. The molecule has 4 rings (SSSR count). The van der Waals surface area contributed by atoms with E-state index >= 15 is 0 Å². The second-order valence-corrected chi connectivity index (χ2v) is 9.15. The molecule has 0 saturated heterocycles. The molecule has 11 heteroatoms. The maximum Gasteiger partial charge on any atom is 0.416 e. The summed E-state index contributed by atoms with van der Waals surface area (Å²) in [5.41, 5.74) is -0.613. The van der Waals surface area contributed by atoms with E-state index in [4.69, 9.17) is 4.74 Å². The molecule has 0 aliphatic rings. The van der Waals surface area contributed by atoms with Gasteiger partial charge < -0.3 is 19.7 Å². The highest BCUT2D eigenvalue weighted by Crippen LogP contribution is 2.37. The highest BCUT2D eigenvalue weighted by molar-refractivity contribution is 5.88. The van der Waals surface area contributed by atoms with Crippen LogP contribution in [0.15, 0.2) is 48.7 Å². The van der Waals surface area contributed by atoms with Crippen LogP contribution in [0.1, 0.15) is 42.4 Å². The van der Waals surface area contributed by atoms with E-state index in [0.29, 0.717) is 40.2 Å². The Morgan fingerprint density at radius 3 is 2.44 bits per heavy atom. The standard InChI is InChI=1S/C25H22F4N4O3/c1-24(2,3)20-19(9-10-30-21(20)22(34)35)36-14-6-8-18-17(12-14)32-23(33(18)4)31-16-11-13(25(27,28)29)5-7-15(16)26/h5-12H,1-4H3,(H,31,32)(H,34,35). The van der Waals surface area contributed by atoms with Crippen molar-refractivity contribution in [2.24, 2.45) is 7.05 Å². The summed E-state index contributed by atoms with van der Waals surface area (Å²) in [5.74, 6) is -1.25. The summed E-state index contributed by atoms with van der Waals surface area (Å²) >= 11 is 0. The molecule has 2 N–H and O–H groups in total. The first-order valence-corrected chi connectivity index (χ1v) is 10.8. The van der Waals surface area contributed by atoms with Crippen LogP contribution in [-0.4, -0.2) is 25.6 Å². The molecule has 4 aromatic rings. The average molecular weight is 502 g/mol. The third-order valence-corrected chi connectivity index (χ3v) is 5.49. The van der Waals surface area contributed by atoms with Crippen LogP contribution in [0, 0.1) is 5.82 Å². The Morgan fingerprint density at radius 1 is 1.08 bits per heavy atom. The summed E-state index contributed by atoms with van der Waals surface area (Å²) in [6.07, 6.45) is -3.28. The first-order valence-electron chi connectivity index (χ1n) is 10.8. The van der Waals surface area contributed by atoms with Crippen molar-refractivity contribution < 1.29 is 32.2 Å². The van der Waals surface area contributed by atoms with Crippen molar-refractivity contribution in [2.45, 2.75) is 32.4 Å². The molecule has 0 saturated carbocycles. The van der Waals surface area contributed by atoms with Gasteiger partial charge in [0.1, 0.15) is 17.3 Å². The number of imidazole rings is 1. The largest absolute Gasteiger partial charge is 0.476 e. The van der Waals surface area contributed by atoms with Crippen LogP contribution >= 0.6 is 0 Å². The number of nitrogens with zero attached hydrogens (tertiary/aromatic N) is 3. The van der Waals surface area contributed by atoms with E-state index in [9.17, 15) is 27.5 Å². The number of nitrogens with one attached hydrogen (secondary N) is 1. The number of rotatable bonds is 5. The molecule has 0 bridgehead atoms. The van der Waals surface area contributed by atoms with Gasteiger partial charge in [-0.05, 0) is 41.8 Å². The SMILES string of the molecule is Cn1c(Nc2cc(C(F)(F)F)ccc2F)nc2cc(Oc3ccnc(C(=O)O)c3C(C)(C)C)ccc21. The Balaban J connectivity index is 1.70. The first-order chi connectivity index (χ1) is 16.8. The van der Waals surface area contributed by atoms with Crippen LogP contribution in [-0.2, 0) is 18.6 Å². The third kappa shape index (κ3) is 4.81. The molecule has 0 atom stereocenters. The number of pyridine rings is 1. The molecule has 7 nitrogen and oxygen atoms in total. The van der Waals surface area contributed by atoms with Gasteiger partial charge in [-0.15, -0.1) is 0 Å². The molecular formula is C25H22F4N4O3. The number of benzene rings is 2. The second-order valence-electron chi connectivity index (χ2n) is 9.15. The predicted octanol–water partition coefficient (Wildman–Crippen LogP) is 6.66. The molecule has 0 radical (unpaired) electrons. The van der Waals surface area contributed by atoms with Gasteiger partial charge in [0.05, 0.1) is 22.3 Å². The number of hydrogen-bond donors (Lipinski definition) is 2. The summed E-state index contributed by atoms with van der Waals surface area (Å²) < 4.78 is 61.0. The molecule has 0 fully saturated rings. The van der Waals surface area contributed by atoms with Crippen molar-refractivity contribution in [2.75, 3.05) is 5.32 Å². The zero-order valence-electron chi connectivity index (χ0n) is 19.7. The lowest BCUT2D eigenvalue weighted by atomic mass is 9.85. The topological polar surface area (TPSA) is 89.3 Å². The van der Waals surface area contributed by atoms with E-state index in [1.165, 1.54) is 6.20 Å². The maximum atomic E-state index is 14.2. The number of carboxylic acid groups (broad SMARTS) is 1. The van der Waals surface area contributed by atoms with Gasteiger partial charge in [-0.25, -0.2) is 19.2 Å². The number of aryl methyl sites for hydroxylation is 1. The Hall–Kier alpha value is -4.15. The van der Waals surface area contributed by atoms with Crippen LogP contribution in [0.3, 0.4) is 0 Å². The molecule has 2 heterocycles. The monoisotopic (exact) mass is 502 g/mol. The van der Waals surface area contributed by atoms with Crippen LogP contribution in [0.4, 0.5) is 29.2 Å². The maximum absolute atomic E-state index is 14.2. The molecule has 0 unspecified atom stereocenters. The molecule has 0 spiro atoms. The fraction of sp³-hybridized carbons (Fsp3) is 0.240. The van der Waals surface area contributed by atoms with E-state index in [2.05, 4.69) is 15.3 Å². The Kier molecular flexibility index (Phi) is 6.11. The summed E-state index contributed by atoms with van der Waals surface area (Å²) in [6, 6.07) is 8.58. The van der Waals surface area contributed by atoms with Gasteiger partial charge in [0, 0.05) is 24.9 Å². The number of alkyl halides is 3. The normalized spacial score (nSPS) is 12.1. The van der Waals surface area contributed by atoms with Gasteiger partial charge in [0.25, 0.3) is 0 Å². The molecule has 2 aromatic heterocycles. The van der Waals surface area contributed by atoms with Crippen LogP contribution < -0.4 is 10.1 Å². The van der Waals surface area contributed by atoms with E-state index in [0.717, 1.165) is 6.07 Å². The van der Waals surface area contributed by atoms with Crippen molar-refractivity contribution in [1.29, 1.82) is 0 Å². The fourth-order valence-electron chi connectivity index (χ4n) is 3.82. The van der Waals surface area contributed by atoms with E-state index in [1.807, 2.05) is 20.8 Å². The minimum absolute atomic E-state index is 0.117. The number of hydrogen-bond acceptors (Lipinski definition) is 5. The summed E-state index contributed by atoms with van der Waals surface area (Å²) in [4.78, 5) is 20.1. The second kappa shape index (κ2) is 8.81. The summed E-state index contributed by atoms with van der Waals surface area (Å²) in [5, 5.41) is 12.2. The van der Waals surface area contributed by atoms with Crippen LogP contribution in [0.25, 0.3) is 11.0 Å². The van der Waals surface area contributed by atoms with Crippen molar-refractivity contribution in [3.05, 3.63) is 71.3 Å². The zero-order chi connectivity index (χ0) is 26.4. The van der Waals surface area contributed by atoms with Gasteiger partial charge in [-0.1, -0.05) is 20.8 Å². The smallest absolute Gasteiger partial charge is 0.416 e. The van der Waals surface area contributed by atoms with E-state index in [1.54, 1.807) is 35.9 Å². The van der Waals surface area contributed by atoms with Crippen molar-refractivity contribution in [3.8, 4) is 11.5 Å². The molecule has 2 aromatic carbocycles. The number of anilines is 2. The Morgan fingerprint density at radius 2 is 1.81 bits per heavy atom. The zero-order valence-corrected chi connectivity index (χ0v) is 19.7. The van der Waals surface area contributed by atoms with Gasteiger partial charge >= 0.3 is 12.1 Å².